The minimum absolute atomic E-state index is 0.866. The minimum atomic E-state index is 0.866. The van der Waals surface area contributed by atoms with E-state index in [4.69, 9.17) is 0 Å². The van der Waals surface area contributed by atoms with Crippen molar-refractivity contribution in [3.05, 3.63) is 79.0 Å². The number of hydrogen-bond acceptors (Lipinski definition) is 4. The van der Waals surface area contributed by atoms with Gasteiger partial charge in [0, 0.05) is 40.4 Å². The van der Waals surface area contributed by atoms with E-state index < -0.39 is 0 Å². The van der Waals surface area contributed by atoms with Crippen LogP contribution in [0.3, 0.4) is 0 Å². The third-order valence-electron chi connectivity index (χ3n) is 5.25. The molecule has 1 aliphatic rings. The van der Waals surface area contributed by atoms with Gasteiger partial charge in [0.2, 0.25) is 0 Å². The van der Waals surface area contributed by atoms with E-state index in [1.165, 1.54) is 0 Å². The maximum Gasteiger partial charge on any atom is 0.116 e. The van der Waals surface area contributed by atoms with Crippen molar-refractivity contribution in [3.8, 4) is 22.6 Å². The summed E-state index contributed by atoms with van der Waals surface area (Å²) in [7, 11) is 0. The zero-order valence-electron chi connectivity index (χ0n) is 15.4. The highest BCUT2D eigenvalue weighted by molar-refractivity contribution is 6.00. The third kappa shape index (κ3) is 2.57. The lowest BCUT2D eigenvalue weighted by atomic mass is 10.1. The second kappa shape index (κ2) is 6.24. The molecule has 138 valence electrons. The highest BCUT2D eigenvalue weighted by Crippen LogP contribution is 2.33. The fraction of sp³-hybridized carbons (Fsp3) is 0.0435. The molecule has 0 aliphatic heterocycles. The number of hydrogen-bond donors (Lipinski definition) is 2. The lowest BCUT2D eigenvalue weighted by Gasteiger charge is -2.00. The normalized spacial score (nSPS) is 13.4. The SMILES string of the molecule is C1=CC(c2nccc3[nH]c(-c4n[nH]c5cnc(-c6cccnc6)cc45)cc23)=CC1. The molecule has 5 aromatic rings. The minimum Gasteiger partial charge on any atom is -0.353 e. The lowest BCUT2D eigenvalue weighted by Crippen LogP contribution is -1.85. The van der Waals surface area contributed by atoms with Gasteiger partial charge < -0.3 is 4.98 Å². The molecular formula is C23H16N6. The van der Waals surface area contributed by atoms with Gasteiger partial charge in [0.05, 0.1) is 28.8 Å². The molecule has 0 radical (unpaired) electrons. The average molecular weight is 376 g/mol. The first-order valence-electron chi connectivity index (χ1n) is 9.46. The first kappa shape index (κ1) is 15.9. The summed E-state index contributed by atoms with van der Waals surface area (Å²) in [6.45, 7) is 0. The van der Waals surface area contributed by atoms with Gasteiger partial charge in [-0.1, -0.05) is 18.2 Å². The van der Waals surface area contributed by atoms with Crippen LogP contribution in [0.25, 0.3) is 50.0 Å². The van der Waals surface area contributed by atoms with Gasteiger partial charge in [-0.2, -0.15) is 5.10 Å². The van der Waals surface area contributed by atoms with Crippen molar-refractivity contribution in [2.24, 2.45) is 0 Å². The summed E-state index contributed by atoms with van der Waals surface area (Å²) in [6, 6.07) is 10.1. The van der Waals surface area contributed by atoms with Crippen LogP contribution in [0.4, 0.5) is 0 Å². The van der Waals surface area contributed by atoms with Crippen molar-refractivity contribution in [2.75, 3.05) is 0 Å². The fourth-order valence-electron chi connectivity index (χ4n) is 3.84. The zero-order chi connectivity index (χ0) is 19.2. The zero-order valence-corrected chi connectivity index (χ0v) is 15.4. The molecule has 2 N–H and O–H groups in total. The van der Waals surface area contributed by atoms with Crippen LogP contribution in [0.5, 0.6) is 0 Å². The number of pyridine rings is 3. The van der Waals surface area contributed by atoms with Crippen LogP contribution in [-0.2, 0) is 0 Å². The Morgan fingerprint density at radius 2 is 1.86 bits per heavy atom. The molecule has 6 heteroatoms. The fourth-order valence-corrected chi connectivity index (χ4v) is 3.84. The van der Waals surface area contributed by atoms with E-state index >= 15 is 0 Å². The number of aromatic nitrogens is 6. The Hall–Kier alpha value is -4.06. The quantitative estimate of drug-likeness (QED) is 0.469. The van der Waals surface area contributed by atoms with E-state index in [1.807, 2.05) is 36.8 Å². The summed E-state index contributed by atoms with van der Waals surface area (Å²) >= 11 is 0. The number of aromatic amines is 2. The Morgan fingerprint density at radius 1 is 0.897 bits per heavy atom. The first-order chi connectivity index (χ1) is 14.4. The summed E-state index contributed by atoms with van der Waals surface area (Å²) in [5.41, 5.74) is 7.76. The molecule has 0 aromatic carbocycles. The number of fused-ring (bicyclic) bond motifs is 2. The van der Waals surface area contributed by atoms with E-state index in [-0.39, 0.29) is 0 Å². The van der Waals surface area contributed by atoms with Gasteiger partial charge in [0.15, 0.2) is 0 Å². The van der Waals surface area contributed by atoms with Gasteiger partial charge in [0.1, 0.15) is 5.69 Å². The summed E-state index contributed by atoms with van der Waals surface area (Å²) in [6.07, 6.45) is 14.7. The molecule has 1 aliphatic carbocycles. The molecule has 0 amide bonds. The van der Waals surface area contributed by atoms with Crippen molar-refractivity contribution >= 4 is 27.4 Å². The maximum absolute atomic E-state index is 4.61. The molecular weight excluding hydrogens is 360 g/mol. The molecule has 0 spiro atoms. The Balaban J connectivity index is 1.52. The monoisotopic (exact) mass is 376 g/mol. The van der Waals surface area contributed by atoms with Gasteiger partial charge in [-0.15, -0.1) is 0 Å². The van der Waals surface area contributed by atoms with E-state index in [2.05, 4.69) is 60.5 Å². The van der Waals surface area contributed by atoms with E-state index in [0.717, 1.165) is 62.1 Å². The van der Waals surface area contributed by atoms with Crippen LogP contribution < -0.4 is 0 Å². The van der Waals surface area contributed by atoms with Gasteiger partial charge in [-0.25, -0.2) is 0 Å². The molecule has 0 saturated heterocycles. The topological polar surface area (TPSA) is 83.1 Å². The van der Waals surface area contributed by atoms with Crippen LogP contribution in [0, 0.1) is 0 Å². The van der Waals surface area contributed by atoms with Crippen LogP contribution in [0.15, 0.2) is 73.3 Å². The molecule has 6 rings (SSSR count). The second-order valence-electron chi connectivity index (χ2n) is 7.03. The molecule has 5 aromatic heterocycles. The number of rotatable bonds is 3. The molecule has 6 nitrogen and oxygen atoms in total. The summed E-state index contributed by atoms with van der Waals surface area (Å²) in [5, 5.41) is 9.76. The predicted octanol–water partition coefficient (Wildman–Crippen LogP) is 4.91. The Bertz CT molecular complexity index is 1420. The van der Waals surface area contributed by atoms with Crippen molar-refractivity contribution in [1.82, 2.24) is 30.1 Å². The molecule has 29 heavy (non-hydrogen) atoms. The maximum atomic E-state index is 4.61. The summed E-state index contributed by atoms with van der Waals surface area (Å²) < 4.78 is 0. The highest BCUT2D eigenvalue weighted by atomic mass is 15.1. The number of nitrogens with zero attached hydrogens (tertiary/aromatic N) is 4. The first-order valence-corrected chi connectivity index (χ1v) is 9.46. The van der Waals surface area contributed by atoms with Crippen LogP contribution >= 0.6 is 0 Å². The van der Waals surface area contributed by atoms with Crippen molar-refractivity contribution in [3.63, 3.8) is 0 Å². The van der Waals surface area contributed by atoms with E-state index in [1.54, 1.807) is 6.20 Å². The highest BCUT2D eigenvalue weighted by Gasteiger charge is 2.16. The van der Waals surface area contributed by atoms with Gasteiger partial charge in [-0.3, -0.25) is 20.1 Å². The molecule has 0 bridgehead atoms. The van der Waals surface area contributed by atoms with Gasteiger partial charge in [-0.05, 0) is 42.3 Å². The largest absolute Gasteiger partial charge is 0.353 e. The molecule has 0 saturated carbocycles. The molecule has 0 unspecified atom stereocenters. The smallest absolute Gasteiger partial charge is 0.116 e. The predicted molar refractivity (Wildman–Crippen MR) is 114 cm³/mol. The standard InChI is InChI=1S/C23H16N6/c1-2-5-14(4-1)22-16-11-20(27-18(16)7-9-25-22)23-17-10-19(15-6-3-8-24-12-15)26-13-21(17)28-29-23/h1,3-13,27H,2H2,(H,28,29). The van der Waals surface area contributed by atoms with Crippen molar-refractivity contribution in [1.29, 1.82) is 0 Å². The Morgan fingerprint density at radius 3 is 2.72 bits per heavy atom. The van der Waals surface area contributed by atoms with E-state index in [0.29, 0.717) is 0 Å². The lowest BCUT2D eigenvalue weighted by molar-refractivity contribution is 1.11. The molecule has 0 fully saturated rings. The van der Waals surface area contributed by atoms with Gasteiger partial charge in [0.25, 0.3) is 0 Å². The molecule has 0 atom stereocenters. The number of H-pyrrole nitrogens is 2. The summed E-state index contributed by atoms with van der Waals surface area (Å²) in [5.74, 6) is 0. The Labute approximate surface area is 166 Å². The van der Waals surface area contributed by atoms with Crippen molar-refractivity contribution < 1.29 is 0 Å². The summed E-state index contributed by atoms with van der Waals surface area (Å²) in [4.78, 5) is 16.9. The number of nitrogens with one attached hydrogen (secondary N) is 2. The van der Waals surface area contributed by atoms with Crippen LogP contribution in [-0.4, -0.2) is 30.1 Å². The number of allylic oxidation sites excluding steroid dienone is 4. The van der Waals surface area contributed by atoms with Gasteiger partial charge >= 0.3 is 0 Å². The second-order valence-corrected chi connectivity index (χ2v) is 7.03. The Kier molecular flexibility index (Phi) is 3.43. The average Bonchev–Trinajstić information content (AvgIpc) is 3.52. The molecule has 5 heterocycles. The van der Waals surface area contributed by atoms with E-state index in [9.17, 15) is 0 Å². The third-order valence-corrected chi connectivity index (χ3v) is 5.25. The van der Waals surface area contributed by atoms with Crippen molar-refractivity contribution in [2.45, 2.75) is 6.42 Å². The van der Waals surface area contributed by atoms with Crippen LogP contribution in [0.1, 0.15) is 12.1 Å². The van der Waals surface area contributed by atoms with Crippen LogP contribution in [0.2, 0.25) is 0 Å².